The SMILES string of the molecule is C=C\C(=C/C=C/C=C/c1cc[n+](CCCCCCCCCCCCCCCCCC)cc1)c1ccc(N(C)C)cc1. The molecule has 0 aliphatic carbocycles. The van der Waals surface area contributed by atoms with Crippen LogP contribution in [0.1, 0.15) is 121 Å². The van der Waals surface area contributed by atoms with Gasteiger partial charge in [0.2, 0.25) is 0 Å². The zero-order valence-electron chi connectivity index (χ0n) is 26.7. The maximum Gasteiger partial charge on any atom is 0.169 e. The number of benzene rings is 1. The molecule has 224 valence electrons. The van der Waals surface area contributed by atoms with Crippen molar-refractivity contribution < 1.29 is 4.57 Å². The topological polar surface area (TPSA) is 7.12 Å². The lowest BCUT2D eigenvalue weighted by atomic mass is 10.0. The molecule has 1 aromatic heterocycles. The van der Waals surface area contributed by atoms with Crippen LogP contribution in [0.25, 0.3) is 11.6 Å². The van der Waals surface area contributed by atoms with E-state index in [4.69, 9.17) is 0 Å². The fourth-order valence-electron chi connectivity index (χ4n) is 5.20. The molecule has 0 bridgehead atoms. The van der Waals surface area contributed by atoms with E-state index in [1.165, 1.54) is 120 Å². The van der Waals surface area contributed by atoms with Crippen LogP contribution in [0.4, 0.5) is 5.69 Å². The highest BCUT2D eigenvalue weighted by Gasteiger charge is 2.01. The van der Waals surface area contributed by atoms with E-state index in [2.05, 4.69) is 116 Å². The van der Waals surface area contributed by atoms with E-state index in [1.54, 1.807) is 0 Å². The first kappa shape index (κ1) is 34.3. The molecule has 1 aromatic carbocycles. The lowest BCUT2D eigenvalue weighted by Gasteiger charge is -2.12. The maximum atomic E-state index is 3.98. The normalized spacial score (nSPS) is 12.0. The summed E-state index contributed by atoms with van der Waals surface area (Å²) >= 11 is 0. The van der Waals surface area contributed by atoms with Crippen LogP contribution in [0.15, 0.2) is 85.8 Å². The third-order valence-corrected chi connectivity index (χ3v) is 7.91. The van der Waals surface area contributed by atoms with Crippen molar-refractivity contribution in [2.45, 2.75) is 116 Å². The van der Waals surface area contributed by atoms with Gasteiger partial charge in [-0.3, -0.25) is 0 Å². The quantitative estimate of drug-likeness (QED) is 0.0751. The summed E-state index contributed by atoms with van der Waals surface area (Å²) in [6.45, 7) is 7.40. The molecule has 2 heteroatoms. The zero-order chi connectivity index (χ0) is 29.4. The minimum atomic E-state index is 1.12. The highest BCUT2D eigenvalue weighted by molar-refractivity contribution is 5.75. The van der Waals surface area contributed by atoms with Crippen molar-refractivity contribution in [3.05, 3.63) is 96.9 Å². The van der Waals surface area contributed by atoms with Gasteiger partial charge in [0.25, 0.3) is 0 Å². The van der Waals surface area contributed by atoms with Crippen LogP contribution in [0.2, 0.25) is 0 Å². The van der Waals surface area contributed by atoms with Crippen molar-refractivity contribution in [1.82, 2.24) is 0 Å². The number of pyridine rings is 1. The molecule has 0 spiro atoms. The summed E-state index contributed by atoms with van der Waals surface area (Å²) in [5.41, 5.74) is 4.72. The van der Waals surface area contributed by atoms with Gasteiger partial charge in [-0.25, -0.2) is 4.57 Å². The van der Waals surface area contributed by atoms with Crippen LogP contribution in [-0.4, -0.2) is 14.1 Å². The molecular formula is C39H59N2+. The Hall–Kier alpha value is -2.87. The predicted octanol–water partition coefficient (Wildman–Crippen LogP) is 11.1. The fourth-order valence-corrected chi connectivity index (χ4v) is 5.20. The molecule has 0 atom stereocenters. The summed E-state index contributed by atoms with van der Waals surface area (Å²) in [5, 5.41) is 0. The van der Waals surface area contributed by atoms with Gasteiger partial charge in [-0.05, 0) is 35.3 Å². The molecule has 2 aromatic rings. The van der Waals surface area contributed by atoms with E-state index in [0.717, 1.165) is 12.1 Å². The Morgan fingerprint density at radius 1 is 0.659 bits per heavy atom. The summed E-state index contributed by atoms with van der Waals surface area (Å²) in [4.78, 5) is 2.11. The van der Waals surface area contributed by atoms with Crippen LogP contribution in [-0.2, 0) is 6.54 Å². The van der Waals surface area contributed by atoms with Gasteiger partial charge >= 0.3 is 0 Å². The van der Waals surface area contributed by atoms with Crippen molar-refractivity contribution in [1.29, 1.82) is 0 Å². The summed E-state index contributed by atoms with van der Waals surface area (Å²) < 4.78 is 2.32. The van der Waals surface area contributed by atoms with Crippen LogP contribution in [0.3, 0.4) is 0 Å². The van der Waals surface area contributed by atoms with Gasteiger partial charge in [0, 0.05) is 38.3 Å². The lowest BCUT2D eigenvalue weighted by Crippen LogP contribution is -2.32. The number of aromatic nitrogens is 1. The second-order valence-corrected chi connectivity index (χ2v) is 11.7. The monoisotopic (exact) mass is 555 g/mol. The van der Waals surface area contributed by atoms with Gasteiger partial charge in [-0.1, -0.05) is 152 Å². The first-order valence-electron chi connectivity index (χ1n) is 16.6. The number of allylic oxidation sites excluding steroid dienone is 6. The van der Waals surface area contributed by atoms with Crippen molar-refractivity contribution in [3.63, 3.8) is 0 Å². The van der Waals surface area contributed by atoms with Crippen molar-refractivity contribution in [2.75, 3.05) is 19.0 Å². The molecule has 0 saturated heterocycles. The predicted molar refractivity (Wildman–Crippen MR) is 183 cm³/mol. The molecule has 2 rings (SSSR count). The van der Waals surface area contributed by atoms with Crippen molar-refractivity contribution >= 4 is 17.3 Å². The third-order valence-electron chi connectivity index (χ3n) is 7.91. The number of hydrogen-bond donors (Lipinski definition) is 0. The molecule has 0 unspecified atom stereocenters. The molecule has 0 radical (unpaired) electrons. The molecule has 0 fully saturated rings. The van der Waals surface area contributed by atoms with E-state index in [0.29, 0.717) is 0 Å². The van der Waals surface area contributed by atoms with Gasteiger partial charge in [0.05, 0.1) is 0 Å². The number of aryl methyl sites for hydroxylation is 1. The minimum Gasteiger partial charge on any atom is -0.378 e. The second kappa shape index (κ2) is 22.8. The molecule has 1 heterocycles. The van der Waals surface area contributed by atoms with Crippen LogP contribution >= 0.6 is 0 Å². The van der Waals surface area contributed by atoms with Crippen molar-refractivity contribution in [3.8, 4) is 0 Å². The Morgan fingerprint density at radius 2 is 1.17 bits per heavy atom. The molecule has 2 nitrogen and oxygen atoms in total. The average molecular weight is 556 g/mol. The van der Waals surface area contributed by atoms with Gasteiger partial charge in [0.1, 0.15) is 6.54 Å². The molecule has 0 aliphatic heterocycles. The summed E-state index contributed by atoms with van der Waals surface area (Å²) in [5.74, 6) is 0. The number of hydrogen-bond acceptors (Lipinski definition) is 1. The number of nitrogens with zero attached hydrogens (tertiary/aromatic N) is 2. The van der Waals surface area contributed by atoms with Crippen LogP contribution < -0.4 is 9.47 Å². The standard InChI is InChI=1S/C39H59N2/c1-5-7-8-9-10-11-12-13-14-15-16-17-18-19-20-24-33-41-34-31-36(32-35-41)25-22-21-23-26-37(6-2)38-27-29-39(30-28-38)40(3)4/h6,21-23,25-32,34-35H,2,5,7-20,24,33H2,1,3-4H3/q+1. The summed E-state index contributed by atoms with van der Waals surface area (Å²) in [7, 11) is 4.12. The van der Waals surface area contributed by atoms with Gasteiger partial charge in [-0.2, -0.15) is 0 Å². The Kier molecular flexibility index (Phi) is 19.1. The first-order chi connectivity index (χ1) is 20.1. The lowest BCUT2D eigenvalue weighted by molar-refractivity contribution is -0.697. The van der Waals surface area contributed by atoms with E-state index in [-0.39, 0.29) is 0 Å². The smallest absolute Gasteiger partial charge is 0.169 e. The zero-order valence-corrected chi connectivity index (χ0v) is 26.7. The van der Waals surface area contributed by atoms with Crippen LogP contribution in [0, 0.1) is 0 Å². The summed E-state index contributed by atoms with van der Waals surface area (Å²) in [6, 6.07) is 13.0. The number of rotatable bonds is 23. The van der Waals surface area contributed by atoms with Crippen molar-refractivity contribution in [2.24, 2.45) is 0 Å². The highest BCUT2D eigenvalue weighted by Crippen LogP contribution is 2.20. The van der Waals surface area contributed by atoms with Crippen LogP contribution in [0.5, 0.6) is 0 Å². The third kappa shape index (κ3) is 16.2. The number of anilines is 1. The Labute approximate surface area is 253 Å². The largest absolute Gasteiger partial charge is 0.378 e. The average Bonchev–Trinajstić information content (AvgIpc) is 2.99. The number of unbranched alkanes of at least 4 members (excludes halogenated alkanes) is 15. The van der Waals surface area contributed by atoms with E-state index < -0.39 is 0 Å². The highest BCUT2D eigenvalue weighted by atomic mass is 15.1. The van der Waals surface area contributed by atoms with Gasteiger partial charge < -0.3 is 4.90 Å². The molecule has 41 heavy (non-hydrogen) atoms. The van der Waals surface area contributed by atoms with E-state index in [1.807, 2.05) is 6.08 Å². The Morgan fingerprint density at radius 3 is 1.66 bits per heavy atom. The minimum absolute atomic E-state index is 1.12. The fraction of sp³-hybridized carbons (Fsp3) is 0.513. The molecule has 0 saturated carbocycles. The Balaban J connectivity index is 1.53. The van der Waals surface area contributed by atoms with Gasteiger partial charge in [-0.15, -0.1) is 0 Å². The molecule has 0 aliphatic rings. The molecule has 0 N–H and O–H groups in total. The summed E-state index contributed by atoms with van der Waals surface area (Å²) in [6.07, 6.45) is 39.5. The first-order valence-corrected chi connectivity index (χ1v) is 16.6. The second-order valence-electron chi connectivity index (χ2n) is 11.7. The van der Waals surface area contributed by atoms with E-state index >= 15 is 0 Å². The maximum absolute atomic E-state index is 3.98. The van der Waals surface area contributed by atoms with Gasteiger partial charge in [0.15, 0.2) is 12.4 Å². The molecule has 0 amide bonds. The Bertz CT molecular complexity index is 1010. The van der Waals surface area contributed by atoms with E-state index in [9.17, 15) is 0 Å². The molecular weight excluding hydrogens is 496 g/mol.